The molecule has 2 nitrogen and oxygen atoms in total. The predicted molar refractivity (Wildman–Crippen MR) is 91.0 cm³/mol. The molecule has 128 valence electrons. The molecule has 0 amide bonds. The summed E-state index contributed by atoms with van der Waals surface area (Å²) in [7, 11) is 0. The van der Waals surface area contributed by atoms with Crippen LogP contribution in [0.5, 0.6) is 0 Å². The highest BCUT2D eigenvalue weighted by Crippen LogP contribution is 2.69. The van der Waals surface area contributed by atoms with Gasteiger partial charge in [-0.15, -0.1) is 0 Å². The lowest BCUT2D eigenvalue weighted by Crippen LogP contribution is -2.59. The van der Waals surface area contributed by atoms with E-state index < -0.39 is 0 Å². The lowest BCUT2D eigenvalue weighted by molar-refractivity contribution is -0.225. The van der Waals surface area contributed by atoms with Gasteiger partial charge < -0.3 is 9.84 Å². The van der Waals surface area contributed by atoms with Gasteiger partial charge in [0, 0.05) is 6.42 Å². The van der Waals surface area contributed by atoms with Crippen molar-refractivity contribution in [2.24, 2.45) is 28.6 Å². The summed E-state index contributed by atoms with van der Waals surface area (Å²) in [4.78, 5) is 0. The maximum atomic E-state index is 10.1. The van der Waals surface area contributed by atoms with E-state index >= 15 is 0 Å². The quantitative estimate of drug-likeness (QED) is 0.668. The normalized spacial score (nSPS) is 58.0. The van der Waals surface area contributed by atoms with Crippen LogP contribution in [0.4, 0.5) is 0 Å². The molecule has 0 bridgehead atoms. The van der Waals surface area contributed by atoms with Crippen LogP contribution in [0.1, 0.15) is 71.6 Å². The SMILES string of the molecule is C[C@]12CCC(O)CC1=CCC1C2CC[C@@]2(C)C1CC[C@@]21CCO1. The number of hydrogen-bond donors (Lipinski definition) is 1. The van der Waals surface area contributed by atoms with Gasteiger partial charge in [-0.3, -0.25) is 0 Å². The third-order valence-corrected chi connectivity index (χ3v) is 9.25. The van der Waals surface area contributed by atoms with E-state index in [9.17, 15) is 5.11 Å². The van der Waals surface area contributed by atoms with E-state index in [1.807, 2.05) is 0 Å². The molecule has 1 saturated heterocycles. The monoisotopic (exact) mass is 316 g/mol. The number of allylic oxidation sites excluding steroid dienone is 1. The summed E-state index contributed by atoms with van der Waals surface area (Å²) in [6, 6.07) is 0. The zero-order valence-corrected chi connectivity index (χ0v) is 14.8. The summed E-state index contributed by atoms with van der Waals surface area (Å²) in [6.45, 7) is 6.08. The lowest BCUT2D eigenvalue weighted by atomic mass is 9.46. The van der Waals surface area contributed by atoms with E-state index in [0.29, 0.717) is 10.8 Å². The van der Waals surface area contributed by atoms with Gasteiger partial charge in [-0.1, -0.05) is 25.5 Å². The van der Waals surface area contributed by atoms with E-state index in [2.05, 4.69) is 19.9 Å². The van der Waals surface area contributed by atoms with Crippen LogP contribution in [0.2, 0.25) is 0 Å². The minimum atomic E-state index is -0.0853. The zero-order valence-electron chi connectivity index (χ0n) is 14.8. The van der Waals surface area contributed by atoms with E-state index in [1.165, 1.54) is 44.9 Å². The second-order valence-corrected chi connectivity index (χ2v) is 9.74. The van der Waals surface area contributed by atoms with Crippen molar-refractivity contribution in [2.45, 2.75) is 83.3 Å². The van der Waals surface area contributed by atoms with Crippen LogP contribution >= 0.6 is 0 Å². The Balaban J connectivity index is 1.49. The van der Waals surface area contributed by atoms with Gasteiger partial charge in [-0.25, -0.2) is 0 Å². The number of ether oxygens (including phenoxy) is 1. The van der Waals surface area contributed by atoms with Crippen LogP contribution in [-0.2, 0) is 4.74 Å². The Morgan fingerprint density at radius 3 is 2.57 bits per heavy atom. The van der Waals surface area contributed by atoms with Crippen LogP contribution in [0.3, 0.4) is 0 Å². The molecule has 23 heavy (non-hydrogen) atoms. The Morgan fingerprint density at radius 2 is 1.83 bits per heavy atom. The highest BCUT2D eigenvalue weighted by Gasteiger charge is 2.66. The molecule has 0 radical (unpaired) electrons. The average Bonchev–Trinajstić information content (AvgIpc) is 2.81. The van der Waals surface area contributed by atoms with Gasteiger partial charge in [-0.05, 0) is 80.0 Å². The summed E-state index contributed by atoms with van der Waals surface area (Å²) in [5.74, 6) is 2.58. The molecule has 1 spiro atoms. The minimum absolute atomic E-state index is 0.0853. The van der Waals surface area contributed by atoms with Gasteiger partial charge in [0.2, 0.25) is 0 Å². The first kappa shape index (κ1) is 15.0. The molecule has 5 rings (SSSR count). The first-order chi connectivity index (χ1) is 11.0. The molecule has 4 fully saturated rings. The molecule has 3 saturated carbocycles. The molecule has 1 aliphatic heterocycles. The number of hydrogen-bond acceptors (Lipinski definition) is 2. The molecule has 0 aromatic heterocycles. The zero-order chi connectivity index (χ0) is 15.9. The van der Waals surface area contributed by atoms with Crippen LogP contribution in [0.15, 0.2) is 11.6 Å². The smallest absolute Gasteiger partial charge is 0.0760 e. The lowest BCUT2D eigenvalue weighted by Gasteiger charge is -2.61. The molecule has 2 heteroatoms. The van der Waals surface area contributed by atoms with Crippen molar-refractivity contribution in [3.05, 3.63) is 11.6 Å². The summed E-state index contributed by atoms with van der Waals surface area (Å²) in [5.41, 5.74) is 2.65. The summed E-state index contributed by atoms with van der Waals surface area (Å²) >= 11 is 0. The molecular formula is C21H32O2. The Bertz CT molecular complexity index is 548. The van der Waals surface area contributed by atoms with Crippen molar-refractivity contribution in [3.63, 3.8) is 0 Å². The van der Waals surface area contributed by atoms with Crippen molar-refractivity contribution in [2.75, 3.05) is 6.61 Å². The van der Waals surface area contributed by atoms with Crippen molar-refractivity contribution in [1.29, 1.82) is 0 Å². The highest BCUT2D eigenvalue weighted by atomic mass is 16.5. The Kier molecular flexibility index (Phi) is 3.01. The summed E-state index contributed by atoms with van der Waals surface area (Å²) in [6.07, 6.45) is 13.6. The second-order valence-electron chi connectivity index (χ2n) is 9.74. The van der Waals surface area contributed by atoms with E-state index in [4.69, 9.17) is 4.74 Å². The minimum Gasteiger partial charge on any atom is -0.393 e. The van der Waals surface area contributed by atoms with Gasteiger partial charge in [0.25, 0.3) is 0 Å². The number of rotatable bonds is 0. The van der Waals surface area contributed by atoms with Crippen molar-refractivity contribution in [3.8, 4) is 0 Å². The van der Waals surface area contributed by atoms with Crippen molar-refractivity contribution >= 4 is 0 Å². The molecule has 0 aromatic rings. The predicted octanol–water partition coefficient (Wildman–Crippen LogP) is 4.47. The van der Waals surface area contributed by atoms with E-state index in [0.717, 1.165) is 37.2 Å². The number of aliphatic hydroxyl groups excluding tert-OH is 1. The van der Waals surface area contributed by atoms with Gasteiger partial charge in [0.05, 0.1) is 18.3 Å². The highest BCUT2D eigenvalue weighted by molar-refractivity contribution is 5.26. The Hall–Kier alpha value is -0.340. The molecule has 5 aliphatic rings. The average molecular weight is 316 g/mol. The molecule has 1 heterocycles. The van der Waals surface area contributed by atoms with Crippen LogP contribution in [0.25, 0.3) is 0 Å². The van der Waals surface area contributed by atoms with Crippen LogP contribution < -0.4 is 0 Å². The maximum absolute atomic E-state index is 10.1. The van der Waals surface area contributed by atoms with Crippen molar-refractivity contribution in [1.82, 2.24) is 0 Å². The van der Waals surface area contributed by atoms with Crippen LogP contribution in [0, 0.1) is 28.6 Å². The Morgan fingerprint density at radius 1 is 1.04 bits per heavy atom. The molecule has 1 N–H and O–H groups in total. The van der Waals surface area contributed by atoms with Gasteiger partial charge >= 0.3 is 0 Å². The molecule has 4 aliphatic carbocycles. The topological polar surface area (TPSA) is 29.5 Å². The maximum Gasteiger partial charge on any atom is 0.0760 e. The second kappa shape index (κ2) is 4.64. The number of fused-ring (bicyclic) bond motifs is 6. The third kappa shape index (κ3) is 1.73. The molecule has 0 aromatic carbocycles. The summed E-state index contributed by atoms with van der Waals surface area (Å²) in [5, 5.41) is 10.1. The van der Waals surface area contributed by atoms with Gasteiger partial charge in [0.15, 0.2) is 0 Å². The van der Waals surface area contributed by atoms with E-state index in [1.54, 1.807) is 5.57 Å². The third-order valence-electron chi connectivity index (χ3n) is 9.25. The van der Waals surface area contributed by atoms with Gasteiger partial charge in [-0.2, -0.15) is 0 Å². The Labute approximate surface area is 140 Å². The fourth-order valence-electron chi connectivity index (χ4n) is 7.73. The molecule has 7 atom stereocenters. The first-order valence-corrected chi connectivity index (χ1v) is 10.0. The van der Waals surface area contributed by atoms with Gasteiger partial charge in [0.1, 0.15) is 0 Å². The summed E-state index contributed by atoms with van der Waals surface area (Å²) < 4.78 is 6.23. The first-order valence-electron chi connectivity index (χ1n) is 10.0. The fourth-order valence-corrected chi connectivity index (χ4v) is 7.73. The fraction of sp³-hybridized carbons (Fsp3) is 0.905. The molecular weight excluding hydrogens is 284 g/mol. The van der Waals surface area contributed by atoms with Crippen molar-refractivity contribution < 1.29 is 9.84 Å². The van der Waals surface area contributed by atoms with E-state index in [-0.39, 0.29) is 11.7 Å². The standard InChI is InChI=1S/C21H32O2/c1-19-8-5-15(22)13-14(19)3-4-16-17(19)6-9-20(2)18(16)7-10-21(20)11-12-23-21/h3,15-18,22H,4-13H2,1-2H3/t15?,16?,17?,18?,19-,20-,21+/m0/s1. The largest absolute Gasteiger partial charge is 0.393 e. The van der Waals surface area contributed by atoms with Crippen LogP contribution in [-0.4, -0.2) is 23.4 Å². The molecule has 4 unspecified atom stereocenters. The number of aliphatic hydroxyl groups is 1.